The largest absolute Gasteiger partial charge is 0.444 e. The molecule has 1 aromatic rings. The van der Waals surface area contributed by atoms with Crippen LogP contribution in [0.5, 0.6) is 0 Å². The van der Waals surface area contributed by atoms with Crippen LogP contribution in [0.2, 0.25) is 0 Å². The minimum atomic E-state index is -0.509. The quantitative estimate of drug-likeness (QED) is 0.765. The van der Waals surface area contributed by atoms with Gasteiger partial charge >= 0.3 is 6.09 Å². The van der Waals surface area contributed by atoms with Crippen LogP contribution in [-0.4, -0.2) is 35.3 Å². The molecule has 0 radical (unpaired) electrons. The van der Waals surface area contributed by atoms with Crippen molar-refractivity contribution in [3.05, 3.63) is 34.1 Å². The standard InChI is InChI=1S/C17H23BrFNO3/c1-16(2,3)23-15(21)20-6-5-17(4,11-20)22-10-12-7-13(18)9-14(19)8-12/h7-9H,5-6,10-11H2,1-4H3. The lowest BCUT2D eigenvalue weighted by Gasteiger charge is -2.27. The molecule has 128 valence electrons. The summed E-state index contributed by atoms with van der Waals surface area (Å²) in [5, 5.41) is 0. The summed E-state index contributed by atoms with van der Waals surface area (Å²) >= 11 is 3.27. The van der Waals surface area contributed by atoms with Gasteiger partial charge in [-0.25, -0.2) is 9.18 Å². The third kappa shape index (κ3) is 5.46. The summed E-state index contributed by atoms with van der Waals surface area (Å²) < 4.78 is 25.4. The average Bonchev–Trinajstić information content (AvgIpc) is 2.77. The molecule has 1 aliphatic heterocycles. The molecule has 4 nitrogen and oxygen atoms in total. The van der Waals surface area contributed by atoms with Crippen molar-refractivity contribution in [2.45, 2.75) is 51.9 Å². The molecule has 0 aliphatic carbocycles. The van der Waals surface area contributed by atoms with Gasteiger partial charge in [-0.15, -0.1) is 0 Å². The summed E-state index contributed by atoms with van der Waals surface area (Å²) in [6.07, 6.45) is 0.404. The second-order valence-electron chi connectivity index (χ2n) is 7.17. The highest BCUT2D eigenvalue weighted by Crippen LogP contribution is 2.28. The number of halogens is 2. The first-order chi connectivity index (χ1) is 10.6. The van der Waals surface area contributed by atoms with Gasteiger partial charge in [0.2, 0.25) is 0 Å². The maximum absolute atomic E-state index is 13.4. The van der Waals surface area contributed by atoms with Crippen LogP contribution in [0.3, 0.4) is 0 Å². The molecule has 1 amide bonds. The van der Waals surface area contributed by atoms with Gasteiger partial charge < -0.3 is 14.4 Å². The van der Waals surface area contributed by atoms with Gasteiger partial charge in [-0.3, -0.25) is 0 Å². The zero-order chi connectivity index (χ0) is 17.3. The molecule has 1 aromatic carbocycles. The highest BCUT2D eigenvalue weighted by Gasteiger charge is 2.38. The van der Waals surface area contributed by atoms with Gasteiger partial charge in [0.05, 0.1) is 18.8 Å². The lowest BCUT2D eigenvalue weighted by Crippen LogP contribution is -2.39. The SMILES string of the molecule is CC(C)(C)OC(=O)N1CCC(C)(OCc2cc(F)cc(Br)c2)C1. The Balaban J connectivity index is 1.92. The van der Waals surface area contributed by atoms with E-state index in [4.69, 9.17) is 9.47 Å². The molecule has 1 fully saturated rings. The third-order valence-corrected chi connectivity index (χ3v) is 4.06. The van der Waals surface area contributed by atoms with Crippen LogP contribution in [0.15, 0.2) is 22.7 Å². The van der Waals surface area contributed by atoms with Crippen molar-refractivity contribution in [1.82, 2.24) is 4.90 Å². The Morgan fingerprint density at radius 2 is 2.09 bits per heavy atom. The summed E-state index contributed by atoms with van der Waals surface area (Å²) in [5.41, 5.74) is -0.200. The Hall–Kier alpha value is -1.14. The van der Waals surface area contributed by atoms with Crippen molar-refractivity contribution >= 4 is 22.0 Å². The number of ether oxygens (including phenoxy) is 2. The fourth-order valence-corrected chi connectivity index (χ4v) is 3.00. The van der Waals surface area contributed by atoms with Crippen LogP contribution >= 0.6 is 15.9 Å². The van der Waals surface area contributed by atoms with Crippen LogP contribution in [-0.2, 0) is 16.1 Å². The first-order valence-electron chi connectivity index (χ1n) is 7.63. The number of likely N-dealkylation sites (tertiary alicyclic amines) is 1. The molecule has 1 atom stereocenters. The second-order valence-corrected chi connectivity index (χ2v) is 8.08. The van der Waals surface area contributed by atoms with E-state index in [-0.39, 0.29) is 11.9 Å². The average molecular weight is 388 g/mol. The van der Waals surface area contributed by atoms with Gasteiger partial charge in [0.1, 0.15) is 11.4 Å². The maximum Gasteiger partial charge on any atom is 0.410 e. The Bertz CT molecular complexity index is 567. The van der Waals surface area contributed by atoms with Crippen molar-refractivity contribution in [3.8, 4) is 0 Å². The molecule has 0 N–H and O–H groups in total. The van der Waals surface area contributed by atoms with Crippen LogP contribution in [0.1, 0.15) is 39.7 Å². The van der Waals surface area contributed by atoms with Crippen molar-refractivity contribution in [2.24, 2.45) is 0 Å². The minimum absolute atomic E-state index is 0.301. The summed E-state index contributed by atoms with van der Waals surface area (Å²) in [5.74, 6) is -0.301. The zero-order valence-electron chi connectivity index (χ0n) is 14.0. The van der Waals surface area contributed by atoms with Gasteiger partial charge in [0.25, 0.3) is 0 Å². The summed E-state index contributed by atoms with van der Waals surface area (Å²) in [6, 6.07) is 4.69. The van der Waals surface area contributed by atoms with E-state index in [1.54, 1.807) is 4.90 Å². The Morgan fingerprint density at radius 1 is 1.39 bits per heavy atom. The van der Waals surface area contributed by atoms with Gasteiger partial charge in [-0.1, -0.05) is 15.9 Å². The van der Waals surface area contributed by atoms with Crippen LogP contribution < -0.4 is 0 Å². The number of rotatable bonds is 3. The van der Waals surface area contributed by atoms with Gasteiger partial charge in [0.15, 0.2) is 0 Å². The molecule has 2 rings (SSSR count). The van der Waals surface area contributed by atoms with Crippen molar-refractivity contribution in [1.29, 1.82) is 0 Å². The third-order valence-electron chi connectivity index (χ3n) is 3.60. The Labute approximate surface area is 145 Å². The van der Waals surface area contributed by atoms with Crippen LogP contribution in [0, 0.1) is 5.82 Å². The normalized spacial score (nSPS) is 21.6. The molecule has 1 heterocycles. The monoisotopic (exact) mass is 387 g/mol. The Kier molecular flexibility index (Phi) is 5.36. The summed E-state index contributed by atoms with van der Waals surface area (Å²) in [4.78, 5) is 13.8. The van der Waals surface area contributed by atoms with E-state index in [0.29, 0.717) is 24.2 Å². The van der Waals surface area contributed by atoms with Crippen molar-refractivity contribution in [2.75, 3.05) is 13.1 Å². The van der Waals surface area contributed by atoms with Gasteiger partial charge in [0, 0.05) is 11.0 Å². The first kappa shape index (κ1) is 18.2. The van der Waals surface area contributed by atoms with Gasteiger partial charge in [-0.2, -0.15) is 0 Å². The number of hydrogen-bond acceptors (Lipinski definition) is 3. The van der Waals surface area contributed by atoms with Crippen molar-refractivity contribution in [3.63, 3.8) is 0 Å². The number of benzene rings is 1. The molecule has 0 bridgehead atoms. The van der Waals surface area contributed by atoms with E-state index in [2.05, 4.69) is 15.9 Å². The van der Waals surface area contributed by atoms with Gasteiger partial charge in [-0.05, 0) is 57.9 Å². The van der Waals surface area contributed by atoms with Crippen molar-refractivity contribution < 1.29 is 18.7 Å². The molecular formula is C17H23BrFNO3. The predicted molar refractivity (Wildman–Crippen MR) is 89.7 cm³/mol. The lowest BCUT2D eigenvalue weighted by molar-refractivity contribution is -0.0375. The molecule has 0 saturated carbocycles. The number of hydrogen-bond donors (Lipinski definition) is 0. The number of carbonyl (C=O) groups excluding carboxylic acids is 1. The lowest BCUT2D eigenvalue weighted by atomic mass is 10.1. The first-order valence-corrected chi connectivity index (χ1v) is 8.42. The maximum atomic E-state index is 13.4. The minimum Gasteiger partial charge on any atom is -0.444 e. The summed E-state index contributed by atoms with van der Waals surface area (Å²) in [7, 11) is 0. The smallest absolute Gasteiger partial charge is 0.410 e. The topological polar surface area (TPSA) is 38.8 Å². The molecule has 0 spiro atoms. The fraction of sp³-hybridized carbons (Fsp3) is 0.588. The Morgan fingerprint density at radius 3 is 2.70 bits per heavy atom. The van der Waals surface area contributed by atoms with E-state index in [9.17, 15) is 9.18 Å². The van der Waals surface area contributed by atoms with E-state index in [0.717, 1.165) is 12.0 Å². The van der Waals surface area contributed by atoms with Crippen LogP contribution in [0.25, 0.3) is 0 Å². The summed E-state index contributed by atoms with van der Waals surface area (Å²) in [6.45, 7) is 8.87. The molecule has 1 unspecified atom stereocenters. The fourth-order valence-electron chi connectivity index (χ4n) is 2.49. The number of carbonyl (C=O) groups is 1. The molecule has 23 heavy (non-hydrogen) atoms. The second kappa shape index (κ2) is 6.77. The predicted octanol–water partition coefficient (Wildman–Crippen LogP) is 4.50. The number of amides is 1. The van der Waals surface area contributed by atoms with E-state index in [1.165, 1.54) is 12.1 Å². The molecular weight excluding hydrogens is 365 g/mol. The zero-order valence-corrected chi connectivity index (χ0v) is 15.6. The molecule has 1 saturated heterocycles. The van der Waals surface area contributed by atoms with E-state index in [1.807, 2.05) is 33.8 Å². The van der Waals surface area contributed by atoms with E-state index >= 15 is 0 Å². The van der Waals surface area contributed by atoms with Crippen LogP contribution in [0.4, 0.5) is 9.18 Å². The molecule has 6 heteroatoms. The highest BCUT2D eigenvalue weighted by molar-refractivity contribution is 9.10. The number of nitrogens with zero attached hydrogens (tertiary/aromatic N) is 1. The molecule has 0 aromatic heterocycles. The molecule has 1 aliphatic rings. The van der Waals surface area contributed by atoms with E-state index < -0.39 is 11.2 Å². The highest BCUT2D eigenvalue weighted by atomic mass is 79.9.